The van der Waals surface area contributed by atoms with E-state index in [2.05, 4.69) is 5.92 Å². The maximum Gasteiger partial charge on any atom is 0.264 e. The number of para-hydroxylation sites is 1. The fourth-order valence-electron chi connectivity index (χ4n) is 2.96. The monoisotopic (exact) mass is 269 g/mol. The second-order valence-corrected chi connectivity index (χ2v) is 5.07. The Morgan fingerprint density at radius 1 is 1.35 bits per heavy atom. The molecule has 102 valence electrons. The van der Waals surface area contributed by atoms with E-state index in [9.17, 15) is 9.59 Å². The third-order valence-electron chi connectivity index (χ3n) is 3.88. The number of terminal acetylenes is 1. The first-order valence-corrected chi connectivity index (χ1v) is 6.69. The summed E-state index contributed by atoms with van der Waals surface area (Å²) in [5.41, 5.74) is 0.470. The molecule has 2 heterocycles. The van der Waals surface area contributed by atoms with Crippen LogP contribution in [-0.2, 0) is 19.9 Å². The molecule has 1 aromatic carbocycles. The van der Waals surface area contributed by atoms with Gasteiger partial charge in [0.25, 0.3) is 5.91 Å². The van der Waals surface area contributed by atoms with Crippen molar-refractivity contribution in [1.82, 2.24) is 0 Å². The smallest absolute Gasteiger partial charge is 0.264 e. The molecule has 1 saturated heterocycles. The summed E-state index contributed by atoms with van der Waals surface area (Å²) >= 11 is 0. The Kier molecular flexibility index (Phi) is 3.07. The van der Waals surface area contributed by atoms with Crippen molar-refractivity contribution in [3.8, 4) is 12.3 Å². The van der Waals surface area contributed by atoms with Crippen molar-refractivity contribution in [2.45, 2.75) is 24.9 Å². The minimum Gasteiger partial charge on any atom is -0.359 e. The normalized spacial score (nSPS) is 24.9. The van der Waals surface area contributed by atoms with Crippen LogP contribution in [0.5, 0.6) is 0 Å². The van der Waals surface area contributed by atoms with Crippen LogP contribution in [0.15, 0.2) is 24.3 Å². The van der Waals surface area contributed by atoms with Gasteiger partial charge in [-0.05, 0) is 6.07 Å². The molecule has 0 aliphatic carbocycles. The summed E-state index contributed by atoms with van der Waals surface area (Å²) in [7, 11) is 0. The van der Waals surface area contributed by atoms with Crippen LogP contribution < -0.4 is 4.90 Å². The van der Waals surface area contributed by atoms with Crippen LogP contribution in [-0.4, -0.2) is 24.8 Å². The van der Waals surface area contributed by atoms with Crippen molar-refractivity contribution in [2.75, 3.05) is 18.1 Å². The van der Waals surface area contributed by atoms with Gasteiger partial charge in [0.1, 0.15) is 5.78 Å². The van der Waals surface area contributed by atoms with E-state index < -0.39 is 5.60 Å². The number of carbonyl (C=O) groups is 2. The minimum absolute atomic E-state index is 0.0678. The Hall–Kier alpha value is -2.12. The van der Waals surface area contributed by atoms with Crippen LogP contribution in [0, 0.1) is 12.3 Å². The van der Waals surface area contributed by atoms with E-state index in [0.717, 1.165) is 11.3 Å². The van der Waals surface area contributed by atoms with E-state index in [1.165, 1.54) is 0 Å². The van der Waals surface area contributed by atoms with Crippen molar-refractivity contribution in [2.24, 2.45) is 0 Å². The molecule has 0 unspecified atom stereocenters. The summed E-state index contributed by atoms with van der Waals surface area (Å²) in [5.74, 6) is 2.45. The SMILES string of the molecule is C#CCCN1C(=O)[C@]2(CC(=O)CCO2)c2ccccc21. The number of carbonyl (C=O) groups excluding carboxylic acids is 2. The predicted molar refractivity (Wildman–Crippen MR) is 74.1 cm³/mol. The summed E-state index contributed by atoms with van der Waals surface area (Å²) in [6.07, 6.45) is 6.26. The summed E-state index contributed by atoms with van der Waals surface area (Å²) in [4.78, 5) is 26.2. The second-order valence-electron chi connectivity index (χ2n) is 5.07. The number of hydrogen-bond acceptors (Lipinski definition) is 3. The van der Waals surface area contributed by atoms with Gasteiger partial charge in [-0.15, -0.1) is 12.3 Å². The van der Waals surface area contributed by atoms with Gasteiger partial charge in [-0.1, -0.05) is 18.2 Å². The van der Waals surface area contributed by atoms with E-state index in [0.29, 0.717) is 26.0 Å². The number of nitrogens with zero attached hydrogens (tertiary/aromatic N) is 1. The molecular weight excluding hydrogens is 254 g/mol. The largest absolute Gasteiger partial charge is 0.359 e. The average Bonchev–Trinajstić information content (AvgIpc) is 2.67. The van der Waals surface area contributed by atoms with E-state index in [1.807, 2.05) is 24.3 Å². The van der Waals surface area contributed by atoms with Gasteiger partial charge in [0.05, 0.1) is 12.3 Å². The second kappa shape index (κ2) is 4.77. The van der Waals surface area contributed by atoms with E-state index >= 15 is 0 Å². The van der Waals surface area contributed by atoms with Crippen LogP contribution in [0.3, 0.4) is 0 Å². The number of anilines is 1. The van der Waals surface area contributed by atoms with Gasteiger partial charge < -0.3 is 9.64 Å². The molecule has 0 N–H and O–H groups in total. The molecule has 2 aliphatic heterocycles. The number of ketones is 1. The zero-order chi connectivity index (χ0) is 14.2. The fraction of sp³-hybridized carbons (Fsp3) is 0.375. The molecule has 4 nitrogen and oxygen atoms in total. The van der Waals surface area contributed by atoms with Crippen LogP contribution in [0.4, 0.5) is 5.69 Å². The number of Topliss-reactive ketones (excluding diaryl/α,β-unsaturated/α-hetero) is 1. The van der Waals surface area contributed by atoms with E-state index in [1.54, 1.807) is 4.90 Å². The van der Waals surface area contributed by atoms with Crippen LogP contribution in [0.1, 0.15) is 24.8 Å². The van der Waals surface area contributed by atoms with Gasteiger partial charge in [0, 0.05) is 31.4 Å². The molecule has 1 aromatic rings. The number of hydrogen-bond donors (Lipinski definition) is 0. The molecule has 0 radical (unpaired) electrons. The van der Waals surface area contributed by atoms with Crippen LogP contribution >= 0.6 is 0 Å². The Morgan fingerprint density at radius 3 is 2.90 bits per heavy atom. The number of ether oxygens (including phenoxy) is 1. The number of benzene rings is 1. The first-order chi connectivity index (χ1) is 9.69. The van der Waals surface area contributed by atoms with Gasteiger partial charge in [0.2, 0.25) is 0 Å². The highest BCUT2D eigenvalue weighted by Crippen LogP contribution is 2.46. The van der Waals surface area contributed by atoms with Gasteiger partial charge in [-0.25, -0.2) is 0 Å². The summed E-state index contributed by atoms with van der Waals surface area (Å²) < 4.78 is 5.78. The molecule has 1 spiro atoms. The maximum absolute atomic E-state index is 12.8. The number of amides is 1. The van der Waals surface area contributed by atoms with Crippen molar-refractivity contribution in [3.63, 3.8) is 0 Å². The highest BCUT2D eigenvalue weighted by molar-refractivity contribution is 6.09. The average molecular weight is 269 g/mol. The summed E-state index contributed by atoms with van der Waals surface area (Å²) in [6, 6.07) is 7.47. The Labute approximate surface area is 117 Å². The molecule has 3 rings (SSSR count). The first kappa shape index (κ1) is 12.9. The van der Waals surface area contributed by atoms with Crippen LogP contribution in [0.2, 0.25) is 0 Å². The molecule has 1 fully saturated rings. The lowest BCUT2D eigenvalue weighted by Crippen LogP contribution is -2.46. The van der Waals surface area contributed by atoms with E-state index in [4.69, 9.17) is 11.2 Å². The molecular formula is C16H15NO3. The highest BCUT2D eigenvalue weighted by atomic mass is 16.5. The van der Waals surface area contributed by atoms with Crippen molar-refractivity contribution in [1.29, 1.82) is 0 Å². The molecule has 4 heteroatoms. The molecule has 20 heavy (non-hydrogen) atoms. The quantitative estimate of drug-likeness (QED) is 0.767. The zero-order valence-corrected chi connectivity index (χ0v) is 11.1. The Bertz CT molecular complexity index is 616. The highest BCUT2D eigenvalue weighted by Gasteiger charge is 2.54. The van der Waals surface area contributed by atoms with Crippen molar-refractivity contribution in [3.05, 3.63) is 29.8 Å². The summed E-state index contributed by atoms with van der Waals surface area (Å²) in [5, 5.41) is 0. The zero-order valence-electron chi connectivity index (χ0n) is 11.1. The lowest BCUT2D eigenvalue weighted by Gasteiger charge is -2.31. The molecule has 1 amide bonds. The molecule has 0 bridgehead atoms. The predicted octanol–water partition coefficient (Wildman–Crippen LogP) is 1.63. The van der Waals surface area contributed by atoms with Gasteiger partial charge >= 0.3 is 0 Å². The third kappa shape index (κ3) is 1.75. The van der Waals surface area contributed by atoms with Gasteiger partial charge in [-0.3, -0.25) is 9.59 Å². The van der Waals surface area contributed by atoms with E-state index in [-0.39, 0.29) is 18.1 Å². The first-order valence-electron chi connectivity index (χ1n) is 6.69. The van der Waals surface area contributed by atoms with Gasteiger partial charge in [-0.2, -0.15) is 0 Å². The molecule has 1 atom stereocenters. The van der Waals surface area contributed by atoms with Gasteiger partial charge in [0.15, 0.2) is 5.60 Å². The third-order valence-corrected chi connectivity index (χ3v) is 3.88. The topological polar surface area (TPSA) is 46.6 Å². The Morgan fingerprint density at radius 2 is 2.15 bits per heavy atom. The van der Waals surface area contributed by atoms with Crippen LogP contribution in [0.25, 0.3) is 0 Å². The molecule has 0 saturated carbocycles. The van der Waals surface area contributed by atoms with Crippen molar-refractivity contribution >= 4 is 17.4 Å². The lowest BCUT2D eigenvalue weighted by atomic mass is 9.87. The number of rotatable bonds is 2. The molecule has 0 aromatic heterocycles. The van der Waals surface area contributed by atoms with Crippen molar-refractivity contribution < 1.29 is 14.3 Å². The lowest BCUT2D eigenvalue weighted by molar-refractivity contribution is -0.157. The fourth-order valence-corrected chi connectivity index (χ4v) is 2.96. The minimum atomic E-state index is -1.12. The summed E-state index contributed by atoms with van der Waals surface area (Å²) in [6.45, 7) is 0.744. The maximum atomic E-state index is 12.8. The molecule has 2 aliphatic rings. The Balaban J connectivity index is 2.06. The standard InChI is InChI=1S/C16H15NO3/c1-2-3-9-17-14-7-5-4-6-13(14)16(15(17)19)11-12(18)8-10-20-16/h1,4-7H,3,8-11H2/t16-/m0/s1. The number of fused-ring (bicyclic) bond motifs is 2.